The van der Waals surface area contributed by atoms with Crippen molar-refractivity contribution < 1.29 is 13.2 Å². The van der Waals surface area contributed by atoms with Crippen molar-refractivity contribution in [2.45, 2.75) is 0 Å². The molecule has 146 valence electrons. The van der Waals surface area contributed by atoms with Crippen molar-refractivity contribution in [1.29, 1.82) is 0 Å². The second-order valence-electron chi connectivity index (χ2n) is 5.77. The number of benzene rings is 2. The monoisotopic (exact) mass is 456 g/mol. The van der Waals surface area contributed by atoms with E-state index in [4.69, 9.17) is 23.2 Å². The van der Waals surface area contributed by atoms with Crippen LogP contribution in [0.1, 0.15) is 10.4 Å². The van der Waals surface area contributed by atoms with Crippen LogP contribution in [0.3, 0.4) is 0 Å². The number of aromatic nitrogens is 2. The molecule has 0 saturated carbocycles. The van der Waals surface area contributed by atoms with E-state index in [0.29, 0.717) is 20.8 Å². The van der Waals surface area contributed by atoms with Gasteiger partial charge in [-0.1, -0.05) is 46.7 Å². The topological polar surface area (TPSA) is 92.3 Å². The Morgan fingerprint density at radius 2 is 1.79 bits per heavy atom. The SMILES string of the molecule is CN(c1ccc(C(=O)Nc2nnc(-c3ccc(Cl)cc3)s2)c(Cl)c1)S(C)(=O)=O. The van der Waals surface area contributed by atoms with Crippen LogP contribution in [-0.4, -0.2) is 37.8 Å². The van der Waals surface area contributed by atoms with E-state index in [1.165, 1.54) is 36.6 Å². The van der Waals surface area contributed by atoms with Crippen LogP contribution in [-0.2, 0) is 10.0 Å². The van der Waals surface area contributed by atoms with E-state index >= 15 is 0 Å². The molecule has 0 spiro atoms. The third-order valence-electron chi connectivity index (χ3n) is 3.80. The number of rotatable bonds is 5. The molecule has 3 aromatic rings. The lowest BCUT2D eigenvalue weighted by Gasteiger charge is -2.17. The maximum atomic E-state index is 12.5. The van der Waals surface area contributed by atoms with Crippen LogP contribution in [0.25, 0.3) is 10.6 Å². The molecule has 0 saturated heterocycles. The van der Waals surface area contributed by atoms with Crippen molar-refractivity contribution in [3.63, 3.8) is 0 Å². The summed E-state index contributed by atoms with van der Waals surface area (Å²) in [6.07, 6.45) is 1.08. The summed E-state index contributed by atoms with van der Waals surface area (Å²) in [6.45, 7) is 0. The predicted molar refractivity (Wildman–Crippen MR) is 113 cm³/mol. The van der Waals surface area contributed by atoms with E-state index in [9.17, 15) is 13.2 Å². The van der Waals surface area contributed by atoms with E-state index in [1.807, 2.05) is 12.1 Å². The number of nitrogens with zero attached hydrogens (tertiary/aromatic N) is 3. The minimum atomic E-state index is -3.43. The molecule has 2 aromatic carbocycles. The minimum Gasteiger partial charge on any atom is -0.296 e. The van der Waals surface area contributed by atoms with Crippen molar-refractivity contribution in [3.05, 3.63) is 58.1 Å². The molecule has 7 nitrogen and oxygen atoms in total. The zero-order chi connectivity index (χ0) is 20.5. The fourth-order valence-corrected chi connectivity index (χ4v) is 3.85. The van der Waals surface area contributed by atoms with E-state index in [2.05, 4.69) is 15.5 Å². The molecule has 0 aliphatic carbocycles. The van der Waals surface area contributed by atoms with E-state index in [1.54, 1.807) is 12.1 Å². The van der Waals surface area contributed by atoms with Gasteiger partial charge in [-0.05, 0) is 30.3 Å². The third-order valence-corrected chi connectivity index (χ3v) is 6.45. The Kier molecular flexibility index (Phi) is 5.90. The number of anilines is 2. The van der Waals surface area contributed by atoms with Crippen LogP contribution in [0.2, 0.25) is 10.0 Å². The Morgan fingerprint density at radius 3 is 2.39 bits per heavy atom. The Balaban J connectivity index is 1.77. The van der Waals surface area contributed by atoms with E-state index in [0.717, 1.165) is 16.1 Å². The van der Waals surface area contributed by atoms with Gasteiger partial charge in [-0.3, -0.25) is 14.4 Å². The molecule has 0 bridgehead atoms. The van der Waals surface area contributed by atoms with Crippen molar-refractivity contribution >= 4 is 61.3 Å². The summed E-state index contributed by atoms with van der Waals surface area (Å²) in [6, 6.07) is 11.5. The summed E-state index contributed by atoms with van der Waals surface area (Å²) >= 11 is 13.3. The molecule has 0 fully saturated rings. The Morgan fingerprint density at radius 1 is 1.11 bits per heavy atom. The van der Waals surface area contributed by atoms with Crippen molar-refractivity contribution in [3.8, 4) is 10.6 Å². The standard InChI is InChI=1S/C17H14Cl2N4O3S2/c1-23(28(2,25)26)12-7-8-13(14(19)9-12)15(24)20-17-22-21-16(27-17)10-3-5-11(18)6-4-10/h3-9H,1-2H3,(H,20,22,24). The van der Waals surface area contributed by atoms with Gasteiger partial charge in [0.25, 0.3) is 5.91 Å². The second kappa shape index (κ2) is 8.04. The van der Waals surface area contributed by atoms with Gasteiger partial charge in [0.05, 0.1) is 22.5 Å². The first-order chi connectivity index (χ1) is 13.1. The lowest BCUT2D eigenvalue weighted by molar-refractivity contribution is 0.102. The maximum absolute atomic E-state index is 12.5. The van der Waals surface area contributed by atoms with Gasteiger partial charge < -0.3 is 0 Å². The fourth-order valence-electron chi connectivity index (χ4n) is 2.22. The zero-order valence-electron chi connectivity index (χ0n) is 14.7. The summed E-state index contributed by atoms with van der Waals surface area (Å²) in [5.41, 5.74) is 1.37. The number of halogens is 2. The smallest absolute Gasteiger partial charge is 0.259 e. The number of amides is 1. The highest BCUT2D eigenvalue weighted by molar-refractivity contribution is 7.92. The van der Waals surface area contributed by atoms with Crippen LogP contribution in [0.5, 0.6) is 0 Å². The fraction of sp³-hybridized carbons (Fsp3) is 0.118. The normalized spacial score (nSPS) is 11.3. The first-order valence-electron chi connectivity index (χ1n) is 7.79. The average molecular weight is 457 g/mol. The molecule has 0 unspecified atom stereocenters. The van der Waals surface area contributed by atoms with Crippen molar-refractivity contribution in [1.82, 2.24) is 10.2 Å². The van der Waals surface area contributed by atoms with Gasteiger partial charge in [-0.15, -0.1) is 10.2 Å². The third kappa shape index (κ3) is 4.61. The lowest BCUT2D eigenvalue weighted by Crippen LogP contribution is -2.25. The van der Waals surface area contributed by atoms with Gasteiger partial charge in [0.2, 0.25) is 15.2 Å². The lowest BCUT2D eigenvalue weighted by atomic mass is 10.2. The molecule has 0 aliphatic rings. The summed E-state index contributed by atoms with van der Waals surface area (Å²) < 4.78 is 24.3. The number of nitrogens with one attached hydrogen (secondary N) is 1. The Labute approximate surface area is 176 Å². The van der Waals surface area contributed by atoms with Crippen LogP contribution in [0.15, 0.2) is 42.5 Å². The molecule has 3 rings (SSSR count). The maximum Gasteiger partial charge on any atom is 0.259 e. The van der Waals surface area contributed by atoms with Crippen LogP contribution in [0, 0.1) is 0 Å². The number of hydrogen-bond acceptors (Lipinski definition) is 6. The van der Waals surface area contributed by atoms with Gasteiger partial charge in [0, 0.05) is 17.6 Å². The molecular formula is C17H14Cl2N4O3S2. The number of carbonyl (C=O) groups excluding carboxylic acids is 1. The number of hydrogen-bond donors (Lipinski definition) is 1. The van der Waals surface area contributed by atoms with E-state index < -0.39 is 15.9 Å². The van der Waals surface area contributed by atoms with Crippen LogP contribution >= 0.6 is 34.5 Å². The Hall–Kier alpha value is -2.20. The quantitative estimate of drug-likeness (QED) is 0.621. The highest BCUT2D eigenvalue weighted by Crippen LogP contribution is 2.29. The largest absolute Gasteiger partial charge is 0.296 e. The molecule has 1 aromatic heterocycles. The summed E-state index contributed by atoms with van der Waals surface area (Å²) in [5, 5.41) is 12.3. The second-order valence-corrected chi connectivity index (χ2v) is 9.60. The number of sulfonamides is 1. The highest BCUT2D eigenvalue weighted by Gasteiger charge is 2.17. The molecule has 1 heterocycles. The molecule has 0 atom stereocenters. The average Bonchev–Trinajstić information content (AvgIpc) is 3.09. The molecule has 1 amide bonds. The first-order valence-corrected chi connectivity index (χ1v) is 11.2. The zero-order valence-corrected chi connectivity index (χ0v) is 17.8. The van der Waals surface area contributed by atoms with Gasteiger partial charge in [0.15, 0.2) is 0 Å². The minimum absolute atomic E-state index is 0.118. The summed E-state index contributed by atoms with van der Waals surface area (Å²) in [7, 11) is -2.03. The number of carbonyl (C=O) groups is 1. The van der Waals surface area contributed by atoms with Gasteiger partial charge in [0.1, 0.15) is 5.01 Å². The van der Waals surface area contributed by atoms with Crippen molar-refractivity contribution in [2.24, 2.45) is 0 Å². The molecule has 0 aliphatic heterocycles. The van der Waals surface area contributed by atoms with Crippen LogP contribution < -0.4 is 9.62 Å². The van der Waals surface area contributed by atoms with Gasteiger partial charge in [-0.2, -0.15) is 0 Å². The van der Waals surface area contributed by atoms with E-state index in [-0.39, 0.29) is 10.6 Å². The highest BCUT2D eigenvalue weighted by atomic mass is 35.5. The van der Waals surface area contributed by atoms with Gasteiger partial charge in [-0.25, -0.2) is 8.42 Å². The molecule has 0 radical (unpaired) electrons. The molecular weight excluding hydrogens is 443 g/mol. The van der Waals surface area contributed by atoms with Crippen LogP contribution in [0.4, 0.5) is 10.8 Å². The summed E-state index contributed by atoms with van der Waals surface area (Å²) in [4.78, 5) is 12.5. The molecule has 11 heteroatoms. The molecule has 1 N–H and O–H groups in total. The Bertz CT molecular complexity index is 1130. The summed E-state index contributed by atoms with van der Waals surface area (Å²) in [5.74, 6) is -0.475. The molecule has 28 heavy (non-hydrogen) atoms. The van der Waals surface area contributed by atoms with Gasteiger partial charge >= 0.3 is 0 Å². The predicted octanol–water partition coefficient (Wildman–Crippen LogP) is 4.16. The first kappa shape index (κ1) is 20.5. The van der Waals surface area contributed by atoms with Crippen molar-refractivity contribution in [2.75, 3.05) is 22.9 Å².